The molecule has 0 unspecified atom stereocenters. The van der Waals surface area contributed by atoms with E-state index in [1.807, 2.05) is 24.5 Å². The SMILES string of the molecule is CC1(C)CNCC[C@@H]1Nc1nc(-c2ccnc3[nH]c(-c4cncc(F)c4)cc23)nc2cncc(C3CC3)c12. The summed E-state index contributed by atoms with van der Waals surface area (Å²) in [5, 5.41) is 9.31. The number of aromatic nitrogens is 6. The highest BCUT2D eigenvalue weighted by Crippen LogP contribution is 2.45. The van der Waals surface area contributed by atoms with Gasteiger partial charge in [0.25, 0.3) is 0 Å². The van der Waals surface area contributed by atoms with E-state index >= 15 is 0 Å². The van der Waals surface area contributed by atoms with E-state index in [-0.39, 0.29) is 17.3 Å². The third-order valence-electron chi connectivity index (χ3n) is 7.89. The highest BCUT2D eigenvalue weighted by atomic mass is 19.1. The fraction of sp³-hybridized carbons (Fsp3) is 0.345. The van der Waals surface area contributed by atoms with Crippen LogP contribution in [0.25, 0.3) is 44.6 Å². The molecule has 9 heteroatoms. The topological polar surface area (TPSA) is 104 Å². The number of halogens is 1. The molecular weight excluding hydrogens is 479 g/mol. The van der Waals surface area contributed by atoms with Gasteiger partial charge >= 0.3 is 0 Å². The van der Waals surface area contributed by atoms with Gasteiger partial charge in [0.05, 0.1) is 17.9 Å². The van der Waals surface area contributed by atoms with Crippen molar-refractivity contribution in [3.63, 3.8) is 0 Å². The van der Waals surface area contributed by atoms with Crippen LogP contribution in [-0.2, 0) is 0 Å². The summed E-state index contributed by atoms with van der Waals surface area (Å²) in [4.78, 5) is 26.5. The molecule has 1 atom stereocenters. The first-order chi connectivity index (χ1) is 18.5. The maximum absolute atomic E-state index is 13.9. The van der Waals surface area contributed by atoms with Crippen molar-refractivity contribution in [2.75, 3.05) is 18.4 Å². The van der Waals surface area contributed by atoms with Gasteiger partial charge in [-0.15, -0.1) is 0 Å². The molecule has 1 aliphatic heterocycles. The average molecular weight is 509 g/mol. The molecule has 8 nitrogen and oxygen atoms in total. The quantitative estimate of drug-likeness (QED) is 0.290. The first-order valence-corrected chi connectivity index (χ1v) is 13.2. The smallest absolute Gasteiger partial charge is 0.163 e. The zero-order valence-corrected chi connectivity index (χ0v) is 21.4. The molecule has 2 aliphatic rings. The van der Waals surface area contributed by atoms with Gasteiger partial charge < -0.3 is 15.6 Å². The van der Waals surface area contributed by atoms with Gasteiger partial charge in [-0.05, 0) is 60.9 Å². The standard InChI is InChI=1S/C29H29FN8/c1-29(2)15-31-7-6-24(29)37-28-25-21(16-3-4-16)13-33-14-23(25)36-27(38-28)19-5-8-34-26-20(19)10-22(35-26)17-9-18(30)12-32-11-17/h5,8-14,16,24,31H,3-4,6-7,15H2,1-2H3,(H,34,35)(H,36,37,38)/t24-/m0/s1. The molecule has 1 saturated heterocycles. The Morgan fingerprint density at radius 3 is 2.71 bits per heavy atom. The van der Waals surface area contributed by atoms with Crippen molar-refractivity contribution in [1.29, 1.82) is 0 Å². The number of fused-ring (bicyclic) bond motifs is 2. The summed E-state index contributed by atoms with van der Waals surface area (Å²) in [6.07, 6.45) is 11.8. The third-order valence-corrected chi connectivity index (χ3v) is 7.89. The Hall–Kier alpha value is -3.98. The van der Waals surface area contributed by atoms with Crippen LogP contribution in [0.1, 0.15) is 44.6 Å². The average Bonchev–Trinajstić information content (AvgIpc) is 3.66. The van der Waals surface area contributed by atoms with Crippen LogP contribution >= 0.6 is 0 Å². The number of nitrogens with one attached hydrogen (secondary N) is 3. The van der Waals surface area contributed by atoms with Crippen LogP contribution in [0, 0.1) is 11.2 Å². The van der Waals surface area contributed by atoms with Gasteiger partial charge in [-0.3, -0.25) is 9.97 Å². The van der Waals surface area contributed by atoms with Crippen molar-refractivity contribution in [2.24, 2.45) is 5.41 Å². The molecule has 1 aliphatic carbocycles. The van der Waals surface area contributed by atoms with Crippen LogP contribution in [-0.4, -0.2) is 49.0 Å². The molecule has 2 fully saturated rings. The lowest BCUT2D eigenvalue weighted by Gasteiger charge is -2.40. The Labute approximate surface area is 219 Å². The number of H-pyrrole nitrogens is 1. The number of hydrogen-bond acceptors (Lipinski definition) is 7. The predicted octanol–water partition coefficient (Wildman–Crippen LogP) is 5.45. The summed E-state index contributed by atoms with van der Waals surface area (Å²) >= 11 is 0. The molecule has 38 heavy (non-hydrogen) atoms. The number of pyridine rings is 3. The van der Waals surface area contributed by atoms with Crippen LogP contribution in [0.15, 0.2) is 49.2 Å². The molecule has 5 aromatic heterocycles. The molecule has 3 N–H and O–H groups in total. The summed E-state index contributed by atoms with van der Waals surface area (Å²) in [6.45, 7) is 6.50. The summed E-state index contributed by atoms with van der Waals surface area (Å²) in [5.41, 5.74) is 5.07. The van der Waals surface area contributed by atoms with Crippen LogP contribution in [0.3, 0.4) is 0 Å². The Morgan fingerprint density at radius 2 is 1.89 bits per heavy atom. The van der Waals surface area contributed by atoms with Gasteiger partial charge in [0.1, 0.15) is 17.3 Å². The summed E-state index contributed by atoms with van der Waals surface area (Å²) in [7, 11) is 0. The Balaban J connectivity index is 1.39. The van der Waals surface area contributed by atoms with Crippen molar-refractivity contribution >= 4 is 27.8 Å². The normalized spacial score (nSPS) is 19.2. The Kier molecular flexibility index (Phi) is 5.36. The van der Waals surface area contributed by atoms with E-state index in [1.165, 1.54) is 30.7 Å². The third kappa shape index (κ3) is 4.07. The van der Waals surface area contributed by atoms with Gasteiger partial charge in [0.2, 0.25) is 0 Å². The van der Waals surface area contributed by atoms with E-state index in [0.717, 1.165) is 52.9 Å². The largest absolute Gasteiger partial charge is 0.366 e. The lowest BCUT2D eigenvalue weighted by Crippen LogP contribution is -2.49. The molecule has 0 spiro atoms. The van der Waals surface area contributed by atoms with E-state index in [1.54, 1.807) is 12.4 Å². The molecule has 0 radical (unpaired) electrons. The lowest BCUT2D eigenvalue weighted by molar-refractivity contribution is 0.236. The van der Waals surface area contributed by atoms with Gasteiger partial charge in [0, 0.05) is 58.8 Å². The first-order valence-electron chi connectivity index (χ1n) is 13.2. The minimum absolute atomic E-state index is 0.0704. The number of rotatable bonds is 5. The van der Waals surface area contributed by atoms with Crippen molar-refractivity contribution in [3.8, 4) is 22.6 Å². The number of nitrogens with zero attached hydrogens (tertiary/aromatic N) is 5. The van der Waals surface area contributed by atoms with Crippen molar-refractivity contribution in [1.82, 2.24) is 35.2 Å². The molecule has 5 aromatic rings. The van der Waals surface area contributed by atoms with Gasteiger partial charge in [-0.2, -0.15) is 0 Å². The van der Waals surface area contributed by atoms with Crippen molar-refractivity contribution in [2.45, 2.75) is 45.1 Å². The molecular formula is C29H29FN8. The zero-order valence-electron chi connectivity index (χ0n) is 21.4. The van der Waals surface area contributed by atoms with E-state index in [2.05, 4.69) is 44.4 Å². The minimum atomic E-state index is -0.386. The van der Waals surface area contributed by atoms with Gasteiger partial charge in [0.15, 0.2) is 5.82 Å². The zero-order chi connectivity index (χ0) is 25.9. The molecule has 7 rings (SSSR count). The van der Waals surface area contributed by atoms with Gasteiger partial charge in [-0.25, -0.2) is 19.3 Å². The van der Waals surface area contributed by atoms with Crippen LogP contribution in [0.5, 0.6) is 0 Å². The van der Waals surface area contributed by atoms with Crippen molar-refractivity contribution in [3.05, 3.63) is 60.6 Å². The summed E-state index contributed by atoms with van der Waals surface area (Å²) in [5.74, 6) is 1.60. The van der Waals surface area contributed by atoms with Crippen LogP contribution in [0.4, 0.5) is 10.2 Å². The van der Waals surface area contributed by atoms with Crippen molar-refractivity contribution < 1.29 is 4.39 Å². The molecule has 1 saturated carbocycles. The monoisotopic (exact) mass is 508 g/mol. The second kappa shape index (κ2) is 8.80. The fourth-order valence-electron chi connectivity index (χ4n) is 5.58. The maximum atomic E-state index is 13.9. The lowest BCUT2D eigenvalue weighted by atomic mass is 9.80. The molecule has 192 valence electrons. The number of anilines is 1. The summed E-state index contributed by atoms with van der Waals surface area (Å²) in [6, 6.07) is 5.62. The number of hydrogen-bond donors (Lipinski definition) is 3. The number of piperidine rings is 1. The van der Waals surface area contributed by atoms with Gasteiger partial charge in [-0.1, -0.05) is 13.8 Å². The molecule has 0 bridgehead atoms. The summed E-state index contributed by atoms with van der Waals surface area (Å²) < 4.78 is 13.9. The second-order valence-electron chi connectivity index (χ2n) is 11.1. The van der Waals surface area contributed by atoms with E-state index in [0.29, 0.717) is 23.0 Å². The van der Waals surface area contributed by atoms with E-state index in [4.69, 9.17) is 9.97 Å². The molecule has 0 aromatic carbocycles. The molecule has 0 amide bonds. The maximum Gasteiger partial charge on any atom is 0.163 e. The minimum Gasteiger partial charge on any atom is -0.366 e. The van der Waals surface area contributed by atoms with E-state index < -0.39 is 0 Å². The van der Waals surface area contributed by atoms with Crippen LogP contribution < -0.4 is 10.6 Å². The van der Waals surface area contributed by atoms with E-state index in [9.17, 15) is 4.39 Å². The highest BCUT2D eigenvalue weighted by molar-refractivity contribution is 5.98. The second-order valence-corrected chi connectivity index (χ2v) is 11.1. The fourth-order valence-corrected chi connectivity index (χ4v) is 5.58. The first kappa shape index (κ1) is 23.2. The predicted molar refractivity (Wildman–Crippen MR) is 146 cm³/mol. The number of aromatic amines is 1. The Bertz CT molecular complexity index is 1670. The Morgan fingerprint density at radius 1 is 1.03 bits per heavy atom. The van der Waals surface area contributed by atoms with Crippen LogP contribution in [0.2, 0.25) is 0 Å². The highest BCUT2D eigenvalue weighted by Gasteiger charge is 2.34. The molecule has 6 heterocycles.